The highest BCUT2D eigenvalue weighted by Crippen LogP contribution is 2.18. The van der Waals surface area contributed by atoms with E-state index in [1.165, 1.54) is 87.4 Å². The molecule has 2 aromatic heterocycles. The van der Waals surface area contributed by atoms with E-state index < -0.39 is 223 Å². The third-order valence-corrected chi connectivity index (χ3v) is 19.2. The lowest BCUT2D eigenvalue weighted by molar-refractivity contribution is -0.138. The van der Waals surface area contributed by atoms with E-state index in [9.17, 15) is 87.2 Å². The molecule has 0 unspecified atom stereocenters. The molecule has 4 rings (SSSR count). The molecule has 0 saturated heterocycles. The van der Waals surface area contributed by atoms with Crippen molar-refractivity contribution in [3.05, 3.63) is 96.1 Å². The smallest absolute Gasteiger partial charge is 0.245 e. The van der Waals surface area contributed by atoms with Crippen LogP contribution in [-0.4, -0.2) is 246 Å². The van der Waals surface area contributed by atoms with Gasteiger partial charge in [0.15, 0.2) is 17.9 Å². The summed E-state index contributed by atoms with van der Waals surface area (Å²) in [5.41, 5.74) is 40.8. The Bertz CT molecular complexity index is 4280. The number of aromatic amines is 2. The molecule has 0 aliphatic rings. The molecule has 688 valence electrons. The van der Waals surface area contributed by atoms with Gasteiger partial charge in [0.2, 0.25) is 88.6 Å². The quantitative estimate of drug-likeness (QED) is 0.0111. The fraction of sp³-hybridized carbons (Fsp3) is 0.538. The van der Waals surface area contributed by atoms with Crippen molar-refractivity contribution in [2.24, 2.45) is 57.9 Å². The molecule has 0 fully saturated rings. The van der Waals surface area contributed by atoms with E-state index in [0.717, 1.165) is 6.92 Å². The molecule has 47 heteroatoms. The summed E-state index contributed by atoms with van der Waals surface area (Å²) in [4.78, 5) is 226. The highest BCUT2D eigenvalue weighted by Gasteiger charge is 2.40. The van der Waals surface area contributed by atoms with E-state index >= 15 is 0 Å². The number of primary amides is 3. The number of guanidine groups is 3. The molecular formula is C78H123N29O18. The van der Waals surface area contributed by atoms with E-state index in [4.69, 9.17) is 56.4 Å². The van der Waals surface area contributed by atoms with Crippen LogP contribution in [0.25, 0.3) is 0 Å². The molecular weight excluding hydrogens is 1630 g/mol. The Kier molecular flexibility index (Phi) is 43.5. The number of nitrogens with zero attached hydrogens (tertiary/aromatic N) is 2. The molecule has 15 amide bonds. The van der Waals surface area contributed by atoms with Crippen LogP contribution in [0.5, 0.6) is 11.5 Å². The average molecular weight is 1760 g/mol. The minimum absolute atomic E-state index is 0.00245. The van der Waals surface area contributed by atoms with E-state index in [1.807, 2.05) is 13.8 Å². The highest BCUT2D eigenvalue weighted by atomic mass is 16.3. The summed E-state index contributed by atoms with van der Waals surface area (Å²) < 4.78 is 0. The molecule has 0 spiro atoms. The lowest BCUT2D eigenvalue weighted by atomic mass is 9.99. The number of imidazole rings is 2. The maximum absolute atomic E-state index is 14.9. The number of phenols is 2. The Morgan fingerprint density at radius 3 is 1.06 bits per heavy atom. The van der Waals surface area contributed by atoms with Crippen LogP contribution in [0, 0.1) is 34.0 Å². The normalized spacial score (nSPS) is 14.5. The molecule has 2 aromatic carbocycles. The van der Waals surface area contributed by atoms with Gasteiger partial charge in [0, 0.05) is 64.1 Å². The van der Waals surface area contributed by atoms with Crippen LogP contribution >= 0.6 is 0 Å². The molecule has 125 heavy (non-hydrogen) atoms. The number of phenolic OH excluding ortho intramolecular Hbond substituents is 2. The van der Waals surface area contributed by atoms with Gasteiger partial charge in [-0.05, 0) is 118 Å². The third-order valence-electron chi connectivity index (χ3n) is 19.2. The number of benzene rings is 2. The van der Waals surface area contributed by atoms with Crippen LogP contribution < -0.4 is 120 Å². The van der Waals surface area contributed by atoms with Crippen LogP contribution in [0.1, 0.15) is 142 Å². The number of hydrogen-bond donors (Lipinski definition) is 30. The van der Waals surface area contributed by atoms with Gasteiger partial charge in [-0.2, -0.15) is 0 Å². The van der Waals surface area contributed by atoms with Gasteiger partial charge in [0.25, 0.3) is 0 Å². The van der Waals surface area contributed by atoms with Crippen LogP contribution in [0.3, 0.4) is 0 Å². The zero-order valence-electron chi connectivity index (χ0n) is 70.9. The fourth-order valence-electron chi connectivity index (χ4n) is 12.6. The second-order valence-corrected chi connectivity index (χ2v) is 31.2. The second kappa shape index (κ2) is 52.5. The molecule has 0 bridgehead atoms. The summed E-state index contributed by atoms with van der Waals surface area (Å²) in [6.07, 6.45) is 0.138. The third kappa shape index (κ3) is 38.9. The van der Waals surface area contributed by atoms with Gasteiger partial charge in [-0.25, -0.2) is 9.97 Å². The average Bonchev–Trinajstić information content (AvgIpc) is 1.38. The van der Waals surface area contributed by atoms with Gasteiger partial charge < -0.3 is 145 Å². The number of hydrogen-bond acceptors (Lipinski definition) is 24. The van der Waals surface area contributed by atoms with Gasteiger partial charge >= 0.3 is 0 Å². The van der Waals surface area contributed by atoms with Crippen molar-refractivity contribution < 1.29 is 87.2 Å². The molecule has 14 atom stereocenters. The fourth-order valence-corrected chi connectivity index (χ4v) is 12.6. The zero-order valence-corrected chi connectivity index (χ0v) is 70.9. The van der Waals surface area contributed by atoms with Crippen LogP contribution in [-0.2, 0) is 97.6 Å². The van der Waals surface area contributed by atoms with E-state index in [2.05, 4.69) is 99.7 Å². The minimum atomic E-state index is -1.97. The molecule has 0 radical (unpaired) electrons. The molecule has 0 aliphatic heterocycles. The van der Waals surface area contributed by atoms with Crippen molar-refractivity contribution >= 4 is 106 Å². The lowest BCUT2D eigenvalue weighted by Crippen LogP contribution is -2.63. The Balaban J connectivity index is 1.65. The first kappa shape index (κ1) is 104. The van der Waals surface area contributed by atoms with Gasteiger partial charge in [0.05, 0.1) is 42.6 Å². The van der Waals surface area contributed by atoms with Crippen molar-refractivity contribution in [1.29, 1.82) is 16.2 Å². The minimum Gasteiger partial charge on any atom is -0.508 e. The summed E-state index contributed by atoms with van der Waals surface area (Å²) >= 11 is 0. The van der Waals surface area contributed by atoms with E-state index in [-0.39, 0.29) is 125 Å². The topological polar surface area (TPSA) is 808 Å². The summed E-state index contributed by atoms with van der Waals surface area (Å²) in [5.74, 6) is -18.2. The summed E-state index contributed by atoms with van der Waals surface area (Å²) in [5, 5.41) is 92.2. The number of aliphatic hydroxyl groups excluding tert-OH is 1. The number of carbonyl (C=O) groups is 15. The molecule has 2 heterocycles. The number of aromatic nitrogens is 4. The van der Waals surface area contributed by atoms with Crippen LogP contribution in [0.4, 0.5) is 0 Å². The Hall–Kier alpha value is -13.8. The first-order chi connectivity index (χ1) is 58.9. The van der Waals surface area contributed by atoms with Gasteiger partial charge in [-0.3, -0.25) is 88.1 Å². The largest absolute Gasteiger partial charge is 0.508 e. The predicted octanol–water partition coefficient (Wildman–Crippen LogP) is -7.50. The lowest BCUT2D eigenvalue weighted by Gasteiger charge is -2.30. The number of carbonyl (C=O) groups excluding carboxylic acids is 15. The monoisotopic (exact) mass is 1750 g/mol. The first-order valence-corrected chi connectivity index (χ1v) is 40.6. The summed E-state index contributed by atoms with van der Waals surface area (Å²) in [6.45, 7) is 11.2. The zero-order chi connectivity index (χ0) is 93.3. The second-order valence-electron chi connectivity index (χ2n) is 31.2. The first-order valence-electron chi connectivity index (χ1n) is 40.6. The maximum Gasteiger partial charge on any atom is 0.245 e. The van der Waals surface area contributed by atoms with Crippen LogP contribution in [0.2, 0.25) is 0 Å². The standard InChI is InChI=1S/C78H123N29O18/c1-38(2)27-48(79)64(114)96-49(11-8-24-91-76(83)84)67(117)103-56(31-44-34-89-36-94-44)71(121)102-55(30-43-16-20-47(110)21-17-43)70(120)101-54(28-39(3)4)69(119)105-58(33-60(81)112)72(122)104-57(32-45-35-90-37-95-45)73(123)106-61(40(5)6)74(124)107-62(41(7)108)75(125)99-51(13-10-26-93-78(87)88)65(115)98-52(22-23-59(80)111)68(118)97-50(12-9-25-92-77(85)86)66(116)100-53(63(82)113)29-42-14-18-46(109)19-15-42/h14-21,34-41,48-58,61-62,108-110H,8-13,22-33,79H2,1-7H3,(H2,80,111)(H2,81,112)(H2,82,113)(H,89,94)(H,90,95)(H,96,114)(H,97,118)(H,98,115)(H,99,125)(H,100,116)(H,101,120)(H,102,121)(H,103,117)(H,104,122)(H,105,119)(H,106,123)(H,107,124)(H4,83,84,91)(H4,85,86,92)(H4,87,88,93)/t41-,48+,49+,50+,51+,52+,53+,54+,55+,56+,57+,58+,61+,62+/m1/s1. The number of aliphatic hydroxyl groups is 1. The molecule has 0 saturated carbocycles. The van der Waals surface area contributed by atoms with Crippen molar-refractivity contribution in [1.82, 2.24) is 99.7 Å². The summed E-state index contributed by atoms with van der Waals surface area (Å²) in [7, 11) is 0. The van der Waals surface area contributed by atoms with E-state index in [0.29, 0.717) is 11.1 Å². The number of nitrogens with one attached hydrogen (secondary N) is 20. The molecule has 4 aromatic rings. The van der Waals surface area contributed by atoms with Gasteiger partial charge in [0.1, 0.15) is 84.0 Å². The maximum atomic E-state index is 14.9. The SMILES string of the molecule is CC(C)C[C@H](NC(=O)[C@H](Cc1ccc(O)cc1)NC(=O)[C@H](Cc1c[nH]cn1)NC(=O)[C@H](CCCNC(=N)N)NC(=O)[C@@H](N)CC(C)C)C(=O)N[C@@H](CC(N)=O)C(=O)N[C@@H](Cc1c[nH]cn1)C(=O)N[C@H](C(=O)N[C@H](C(=O)N[C@@H](CCCNC(=N)N)C(=O)N[C@@H](CCC(N)=O)C(=O)N[C@@H](CCCNC(=N)N)C(=O)N[C@@H](Cc1ccc(O)cc1)C(N)=O)[C@@H](C)O)C(C)C. The number of H-pyrrole nitrogens is 2. The van der Waals surface area contributed by atoms with Crippen molar-refractivity contribution in [2.45, 2.75) is 229 Å². The Morgan fingerprint density at radius 2 is 0.696 bits per heavy atom. The molecule has 47 nitrogen and oxygen atoms in total. The number of aromatic hydroxyl groups is 2. The Morgan fingerprint density at radius 1 is 0.376 bits per heavy atom. The molecule has 0 aliphatic carbocycles. The van der Waals surface area contributed by atoms with Gasteiger partial charge in [-0.1, -0.05) is 65.8 Å². The number of nitrogens with two attached hydrogens (primary N) is 7. The van der Waals surface area contributed by atoms with Crippen molar-refractivity contribution in [3.8, 4) is 11.5 Å². The molecule has 37 N–H and O–H groups in total. The number of rotatable bonds is 56. The Labute approximate surface area is 721 Å². The van der Waals surface area contributed by atoms with Gasteiger partial charge in [-0.15, -0.1) is 0 Å². The number of amides is 15. The van der Waals surface area contributed by atoms with Crippen LogP contribution in [0.15, 0.2) is 73.6 Å². The van der Waals surface area contributed by atoms with Crippen molar-refractivity contribution in [3.63, 3.8) is 0 Å². The van der Waals surface area contributed by atoms with E-state index in [1.54, 1.807) is 13.8 Å². The summed E-state index contributed by atoms with van der Waals surface area (Å²) in [6, 6.07) is -9.43. The van der Waals surface area contributed by atoms with Crippen molar-refractivity contribution in [2.75, 3.05) is 19.6 Å². The highest BCUT2D eigenvalue weighted by molar-refractivity contribution is 6.01. The predicted molar refractivity (Wildman–Crippen MR) is 454 cm³/mol.